The number of aromatic hydroxyl groups is 4. The zero-order chi connectivity index (χ0) is 45.0. The van der Waals surface area contributed by atoms with Crippen molar-refractivity contribution in [1.82, 2.24) is 0 Å². The van der Waals surface area contributed by atoms with Crippen LogP contribution in [0.5, 0.6) is 23.0 Å². The molecular formula is C50H41ClO11. The molecule has 2 aliphatic rings. The number of carbonyl (C=O) groups excluding carboxylic acids is 2. The average molecular weight is 853 g/mol. The van der Waals surface area contributed by atoms with E-state index in [1.54, 1.807) is 65.0 Å². The molecule has 5 N–H and O–H groups in total. The number of phenolic OH excluding ortho intramolecular Hbond substituents is 2. The first-order chi connectivity index (χ1) is 29.2. The Labute approximate surface area is 359 Å². The summed E-state index contributed by atoms with van der Waals surface area (Å²) in [6.45, 7) is 14.2. The Morgan fingerprint density at radius 3 is 1.50 bits per heavy atom. The number of phenols is 2. The van der Waals surface area contributed by atoms with E-state index in [9.17, 15) is 44.7 Å². The van der Waals surface area contributed by atoms with Crippen LogP contribution in [0.3, 0.4) is 0 Å². The molecule has 2 aliphatic carbocycles. The van der Waals surface area contributed by atoms with Crippen LogP contribution in [-0.2, 0) is 9.59 Å². The molecule has 2 aromatic heterocycles. The lowest BCUT2D eigenvalue weighted by molar-refractivity contribution is -0.113. The van der Waals surface area contributed by atoms with Gasteiger partial charge in [0.2, 0.25) is 5.78 Å². The first-order valence-corrected chi connectivity index (χ1v) is 20.2. The molecule has 4 aromatic carbocycles. The number of hydrogen-bond donors (Lipinski definition) is 5. The number of fused-ring (bicyclic) bond motifs is 4. The van der Waals surface area contributed by atoms with Gasteiger partial charge in [0, 0.05) is 49.6 Å². The fourth-order valence-corrected chi connectivity index (χ4v) is 9.14. The summed E-state index contributed by atoms with van der Waals surface area (Å²) in [6, 6.07) is 12.6. The van der Waals surface area contributed by atoms with Crippen LogP contribution in [0.25, 0.3) is 67.5 Å². The Morgan fingerprint density at radius 1 is 0.548 bits per heavy atom. The van der Waals surface area contributed by atoms with Gasteiger partial charge in [-0.25, -0.2) is 9.59 Å². The van der Waals surface area contributed by atoms with Gasteiger partial charge >= 0.3 is 11.3 Å². The normalized spacial score (nSPS) is 15.6. The van der Waals surface area contributed by atoms with Crippen molar-refractivity contribution in [2.75, 3.05) is 0 Å². The van der Waals surface area contributed by atoms with Crippen LogP contribution in [0.2, 0.25) is 5.02 Å². The zero-order valence-corrected chi connectivity index (χ0v) is 35.7. The maximum absolute atomic E-state index is 14.5. The molecule has 0 atom stereocenters. The third kappa shape index (κ3) is 6.25. The fourth-order valence-electron chi connectivity index (χ4n) is 8.97. The van der Waals surface area contributed by atoms with Gasteiger partial charge in [0.25, 0.3) is 0 Å². The van der Waals surface area contributed by atoms with Crippen molar-refractivity contribution in [2.45, 2.75) is 55.4 Å². The minimum atomic E-state index is -1.01. The molecule has 2 heterocycles. The van der Waals surface area contributed by atoms with Gasteiger partial charge in [-0.1, -0.05) is 63.1 Å². The summed E-state index contributed by atoms with van der Waals surface area (Å²) in [6.07, 6.45) is 2.25. The van der Waals surface area contributed by atoms with Gasteiger partial charge in [0.1, 0.15) is 45.3 Å². The van der Waals surface area contributed by atoms with Crippen molar-refractivity contribution < 1.29 is 44.0 Å². The van der Waals surface area contributed by atoms with E-state index in [1.165, 1.54) is 24.3 Å². The fraction of sp³-hybridized carbons (Fsp3) is 0.200. The number of aryl methyl sites for hydroxylation is 3. The van der Waals surface area contributed by atoms with Crippen LogP contribution in [-0.4, -0.2) is 37.1 Å². The van der Waals surface area contributed by atoms with E-state index in [2.05, 4.69) is 0 Å². The van der Waals surface area contributed by atoms with E-state index in [-0.39, 0.29) is 83.0 Å². The molecule has 0 bridgehead atoms. The Morgan fingerprint density at radius 2 is 1.00 bits per heavy atom. The lowest BCUT2D eigenvalue weighted by Gasteiger charge is -2.30. The van der Waals surface area contributed by atoms with Gasteiger partial charge in [-0.15, -0.1) is 0 Å². The average Bonchev–Trinajstić information content (AvgIpc) is 3.19. The number of ketones is 2. The summed E-state index contributed by atoms with van der Waals surface area (Å²) in [7, 11) is 0. The molecule has 0 amide bonds. The number of Topliss-reactive ketones (excluding diaryl/α,β-unsaturated/α-hetero) is 2. The van der Waals surface area contributed by atoms with Crippen LogP contribution < -0.4 is 11.3 Å². The number of carbonyl (C=O) groups is 2. The molecule has 0 saturated carbocycles. The molecule has 8 rings (SSSR count). The van der Waals surface area contributed by atoms with Crippen molar-refractivity contribution in [1.29, 1.82) is 0 Å². The van der Waals surface area contributed by atoms with Crippen LogP contribution in [0.1, 0.15) is 84.7 Å². The third-order valence-corrected chi connectivity index (χ3v) is 12.0. The molecule has 0 saturated heterocycles. The quantitative estimate of drug-likeness (QED) is 0.0818. The Bertz CT molecular complexity index is 3090. The third-order valence-electron chi connectivity index (χ3n) is 11.7. The summed E-state index contributed by atoms with van der Waals surface area (Å²) >= 11 is 6.19. The number of rotatable bonds is 5. The molecule has 314 valence electrons. The van der Waals surface area contributed by atoms with E-state index in [0.717, 1.165) is 11.6 Å². The van der Waals surface area contributed by atoms with Gasteiger partial charge in [-0.2, -0.15) is 0 Å². The lowest BCUT2D eigenvalue weighted by atomic mass is 9.73. The Hall–Kier alpha value is -7.11. The number of halogens is 1. The van der Waals surface area contributed by atoms with Crippen LogP contribution in [0.15, 0.2) is 78.3 Å². The van der Waals surface area contributed by atoms with Crippen LogP contribution in [0.4, 0.5) is 0 Å². The molecule has 0 unspecified atom stereocenters. The molecular weight excluding hydrogens is 812 g/mol. The van der Waals surface area contributed by atoms with E-state index < -0.39 is 63.1 Å². The SMILES string of the molecule is CC1=C(C(C)C)c2cc(C)c(-c3c(C)cc4c(c3O)/C(=C/c3c(O)c5cc(Cl)ccc5oc3=O)C(=O)C(O)=C4C(C)C)c(O)c2/C(=C/c2c(O)c3cc(C)ccc3oc2=O)C1=O. The van der Waals surface area contributed by atoms with Crippen LogP contribution in [0, 0.1) is 32.6 Å². The van der Waals surface area contributed by atoms with Gasteiger partial charge in [-0.3, -0.25) is 9.59 Å². The van der Waals surface area contributed by atoms with Gasteiger partial charge < -0.3 is 34.4 Å². The summed E-state index contributed by atoms with van der Waals surface area (Å²) in [5.74, 6) is -4.67. The minimum absolute atomic E-state index is 0.0303. The van der Waals surface area contributed by atoms with Crippen molar-refractivity contribution in [3.8, 4) is 34.1 Å². The summed E-state index contributed by atoms with van der Waals surface area (Å²) in [4.78, 5) is 55.5. The molecule has 0 spiro atoms. The lowest BCUT2D eigenvalue weighted by Crippen LogP contribution is -2.19. The predicted molar refractivity (Wildman–Crippen MR) is 240 cm³/mol. The molecule has 0 fully saturated rings. The highest BCUT2D eigenvalue weighted by atomic mass is 35.5. The minimum Gasteiger partial charge on any atom is -0.507 e. The first-order valence-electron chi connectivity index (χ1n) is 19.9. The van der Waals surface area contributed by atoms with E-state index >= 15 is 0 Å². The standard InChI is InChI=1S/C50H41ClO11/c1-19(2)36-24(8)42(52)30(17-32-43(53)26-13-21(5)9-11-34(26)61-49(32)59)40-28(36)14-22(6)38(46(40)56)39-23(7)15-29-37(20(3)4)48(58)45(55)31(41(29)47(39)57)18-33-44(54)27-16-25(51)10-12-35(27)62-50(33)60/h9-20,53-54,56-58H,1-8H3/b30-17-,31-18-. The van der Waals surface area contributed by atoms with Crippen molar-refractivity contribution in [3.63, 3.8) is 0 Å². The zero-order valence-electron chi connectivity index (χ0n) is 35.0. The summed E-state index contributed by atoms with van der Waals surface area (Å²) in [5.41, 5.74) is 0.688. The van der Waals surface area contributed by atoms with Gasteiger partial charge in [0.05, 0.1) is 10.8 Å². The number of aliphatic hydroxyl groups excluding tert-OH is 1. The number of aliphatic hydroxyl groups is 1. The van der Waals surface area contributed by atoms with Gasteiger partial charge in [-0.05, 0) is 110 Å². The highest BCUT2D eigenvalue weighted by Crippen LogP contribution is 2.54. The Balaban J connectivity index is 1.45. The first kappa shape index (κ1) is 41.6. The second-order valence-electron chi connectivity index (χ2n) is 16.5. The van der Waals surface area contributed by atoms with Crippen molar-refractivity contribution >= 4 is 79.6 Å². The highest BCUT2D eigenvalue weighted by Gasteiger charge is 2.38. The van der Waals surface area contributed by atoms with Crippen molar-refractivity contribution in [2.24, 2.45) is 11.8 Å². The molecule has 0 aliphatic heterocycles. The van der Waals surface area contributed by atoms with Gasteiger partial charge in [0.15, 0.2) is 11.5 Å². The molecule has 6 aromatic rings. The monoisotopic (exact) mass is 852 g/mol. The van der Waals surface area contributed by atoms with E-state index in [4.69, 9.17) is 20.4 Å². The van der Waals surface area contributed by atoms with E-state index in [0.29, 0.717) is 27.8 Å². The second kappa shape index (κ2) is 14.8. The largest absolute Gasteiger partial charge is 0.507 e. The van der Waals surface area contributed by atoms with Crippen molar-refractivity contribution in [3.05, 3.63) is 136 Å². The summed E-state index contributed by atoms with van der Waals surface area (Å²) in [5, 5.41) is 60.0. The molecule has 11 nitrogen and oxygen atoms in total. The molecule has 62 heavy (non-hydrogen) atoms. The maximum atomic E-state index is 14.5. The molecule has 12 heteroatoms. The Kier molecular flexibility index (Phi) is 9.94. The van der Waals surface area contributed by atoms with Crippen LogP contribution >= 0.6 is 11.6 Å². The summed E-state index contributed by atoms with van der Waals surface area (Å²) < 4.78 is 11.0. The number of hydrogen-bond acceptors (Lipinski definition) is 11. The highest BCUT2D eigenvalue weighted by molar-refractivity contribution is 6.38. The predicted octanol–water partition coefficient (Wildman–Crippen LogP) is 10.6. The topological polar surface area (TPSA) is 196 Å². The van der Waals surface area contributed by atoms with E-state index in [1.807, 2.05) is 20.8 Å². The number of benzene rings is 4. The second-order valence-corrected chi connectivity index (χ2v) is 16.9. The maximum Gasteiger partial charge on any atom is 0.347 e. The molecule has 0 radical (unpaired) electrons. The number of allylic oxidation sites excluding steroid dienone is 5. The smallest absolute Gasteiger partial charge is 0.347 e.